The molecular formula is C19H30FNO. The molecular weight excluding hydrogens is 277 g/mol. The summed E-state index contributed by atoms with van der Waals surface area (Å²) in [5.41, 5.74) is 0. The first-order valence-electron chi connectivity index (χ1n) is 9.10. The molecule has 0 aliphatic heterocycles. The molecule has 0 unspecified atom stereocenters. The number of nitrogens with zero attached hydrogens (tertiary/aromatic N) is 1. The van der Waals surface area contributed by atoms with Crippen LogP contribution < -0.4 is 0 Å². The zero-order valence-electron chi connectivity index (χ0n) is 13.9. The van der Waals surface area contributed by atoms with E-state index in [0.717, 1.165) is 44.1 Å². The summed E-state index contributed by atoms with van der Waals surface area (Å²) in [6, 6.07) is 1.57. The highest BCUT2D eigenvalue weighted by Crippen LogP contribution is 2.33. The summed E-state index contributed by atoms with van der Waals surface area (Å²) in [5, 5.41) is 8.48. The van der Waals surface area contributed by atoms with Crippen LogP contribution in [0, 0.1) is 29.1 Å². The average molecular weight is 307 g/mol. The van der Waals surface area contributed by atoms with Crippen molar-refractivity contribution < 1.29 is 9.13 Å². The van der Waals surface area contributed by atoms with Crippen LogP contribution in [0.1, 0.15) is 71.1 Å². The van der Waals surface area contributed by atoms with Gasteiger partial charge in [-0.15, -0.1) is 0 Å². The van der Waals surface area contributed by atoms with Crippen LogP contribution in [-0.2, 0) is 4.74 Å². The van der Waals surface area contributed by atoms with Crippen molar-refractivity contribution in [2.24, 2.45) is 17.8 Å². The molecule has 124 valence electrons. The third-order valence-corrected chi connectivity index (χ3v) is 5.44. The van der Waals surface area contributed by atoms with Crippen LogP contribution in [0.4, 0.5) is 4.39 Å². The molecule has 0 aromatic rings. The van der Waals surface area contributed by atoms with Gasteiger partial charge < -0.3 is 4.74 Å². The van der Waals surface area contributed by atoms with Crippen LogP contribution in [-0.4, -0.2) is 12.7 Å². The number of hydrogen-bond acceptors (Lipinski definition) is 2. The maximum atomic E-state index is 13.0. The van der Waals surface area contributed by atoms with Gasteiger partial charge in [-0.05, 0) is 62.4 Å². The fourth-order valence-corrected chi connectivity index (χ4v) is 4.03. The number of rotatable bonds is 6. The Morgan fingerprint density at radius 1 is 1.09 bits per heavy atom. The summed E-state index contributed by atoms with van der Waals surface area (Å²) >= 11 is 0. The van der Waals surface area contributed by atoms with Gasteiger partial charge in [0.1, 0.15) is 6.07 Å². The van der Waals surface area contributed by atoms with Gasteiger partial charge in [0.2, 0.25) is 0 Å². The normalized spacial score (nSPS) is 33.4. The van der Waals surface area contributed by atoms with Gasteiger partial charge in [0.25, 0.3) is 0 Å². The molecule has 2 fully saturated rings. The van der Waals surface area contributed by atoms with Crippen molar-refractivity contribution in [2.45, 2.75) is 77.2 Å². The second kappa shape index (κ2) is 9.30. The topological polar surface area (TPSA) is 33.0 Å². The summed E-state index contributed by atoms with van der Waals surface area (Å²) in [6.45, 7) is 3.19. The van der Waals surface area contributed by atoms with Crippen molar-refractivity contribution in [1.82, 2.24) is 0 Å². The number of nitriles is 1. The number of halogens is 1. The molecule has 0 bridgehead atoms. The smallest absolute Gasteiger partial charge is 0.196 e. The average Bonchev–Trinajstić information content (AvgIpc) is 2.56. The minimum Gasteiger partial charge on any atom is -0.378 e. The Morgan fingerprint density at radius 3 is 2.32 bits per heavy atom. The zero-order chi connectivity index (χ0) is 15.8. The van der Waals surface area contributed by atoms with Gasteiger partial charge in [0.05, 0.1) is 6.10 Å². The van der Waals surface area contributed by atoms with E-state index in [-0.39, 0.29) is 5.92 Å². The zero-order valence-corrected chi connectivity index (χ0v) is 13.9. The minimum atomic E-state index is -0.631. The lowest BCUT2D eigenvalue weighted by Gasteiger charge is -2.31. The van der Waals surface area contributed by atoms with Crippen molar-refractivity contribution in [3.05, 3.63) is 11.9 Å². The molecule has 2 nitrogen and oxygen atoms in total. The lowest BCUT2D eigenvalue weighted by molar-refractivity contribution is -0.00667. The molecule has 2 aliphatic rings. The van der Waals surface area contributed by atoms with E-state index >= 15 is 0 Å². The molecule has 0 radical (unpaired) electrons. The fourth-order valence-electron chi connectivity index (χ4n) is 4.03. The molecule has 22 heavy (non-hydrogen) atoms. The van der Waals surface area contributed by atoms with E-state index in [0.29, 0.717) is 6.10 Å². The SMILES string of the molecule is CCCC1CCC(COC2CCC(C=C(F)C#N)CC2)CC1. The van der Waals surface area contributed by atoms with Crippen molar-refractivity contribution in [3.63, 3.8) is 0 Å². The first kappa shape index (κ1) is 17.5. The Balaban J connectivity index is 1.61. The van der Waals surface area contributed by atoms with E-state index < -0.39 is 5.83 Å². The van der Waals surface area contributed by atoms with Gasteiger partial charge >= 0.3 is 0 Å². The van der Waals surface area contributed by atoms with E-state index in [1.165, 1.54) is 44.6 Å². The summed E-state index contributed by atoms with van der Waals surface area (Å²) in [5.74, 6) is 1.30. The molecule has 0 N–H and O–H groups in total. The molecule has 3 heteroatoms. The molecule has 2 saturated carbocycles. The van der Waals surface area contributed by atoms with Gasteiger partial charge in [0.15, 0.2) is 5.83 Å². The fraction of sp³-hybridized carbons (Fsp3) is 0.842. The van der Waals surface area contributed by atoms with Gasteiger partial charge in [-0.2, -0.15) is 9.65 Å². The van der Waals surface area contributed by atoms with Crippen molar-refractivity contribution in [2.75, 3.05) is 6.61 Å². The highest BCUT2D eigenvalue weighted by atomic mass is 19.1. The quantitative estimate of drug-likeness (QED) is 0.603. The lowest BCUT2D eigenvalue weighted by Crippen LogP contribution is -2.25. The van der Waals surface area contributed by atoms with E-state index in [2.05, 4.69) is 6.92 Å². The maximum absolute atomic E-state index is 13.0. The molecule has 0 amide bonds. The van der Waals surface area contributed by atoms with E-state index in [1.54, 1.807) is 6.07 Å². The van der Waals surface area contributed by atoms with Crippen LogP contribution in [0.15, 0.2) is 11.9 Å². The largest absolute Gasteiger partial charge is 0.378 e. The monoisotopic (exact) mass is 307 g/mol. The van der Waals surface area contributed by atoms with Crippen molar-refractivity contribution >= 4 is 0 Å². The molecule has 0 aromatic carbocycles. The third-order valence-electron chi connectivity index (χ3n) is 5.44. The summed E-state index contributed by atoms with van der Waals surface area (Å²) in [6.07, 6.45) is 13.9. The molecule has 0 heterocycles. The maximum Gasteiger partial charge on any atom is 0.196 e. The molecule has 2 rings (SSSR count). The molecule has 2 aliphatic carbocycles. The van der Waals surface area contributed by atoms with Crippen LogP contribution >= 0.6 is 0 Å². The van der Waals surface area contributed by atoms with Crippen molar-refractivity contribution in [3.8, 4) is 6.07 Å². The van der Waals surface area contributed by atoms with Gasteiger partial charge in [0, 0.05) is 6.61 Å². The van der Waals surface area contributed by atoms with E-state index in [9.17, 15) is 4.39 Å². The van der Waals surface area contributed by atoms with Gasteiger partial charge in [-0.25, -0.2) is 0 Å². The highest BCUT2D eigenvalue weighted by molar-refractivity contribution is 5.13. The highest BCUT2D eigenvalue weighted by Gasteiger charge is 2.24. The van der Waals surface area contributed by atoms with Gasteiger partial charge in [-0.3, -0.25) is 0 Å². The summed E-state index contributed by atoms with van der Waals surface area (Å²) < 4.78 is 19.1. The first-order valence-corrected chi connectivity index (χ1v) is 9.10. The summed E-state index contributed by atoms with van der Waals surface area (Å²) in [4.78, 5) is 0. The summed E-state index contributed by atoms with van der Waals surface area (Å²) in [7, 11) is 0. The van der Waals surface area contributed by atoms with Crippen molar-refractivity contribution in [1.29, 1.82) is 5.26 Å². The number of ether oxygens (including phenoxy) is 1. The second-order valence-electron chi connectivity index (χ2n) is 7.17. The van der Waals surface area contributed by atoms with Crippen LogP contribution in [0.2, 0.25) is 0 Å². The predicted molar refractivity (Wildman–Crippen MR) is 86.9 cm³/mol. The molecule has 0 atom stereocenters. The lowest BCUT2D eigenvalue weighted by atomic mass is 9.80. The predicted octanol–water partition coefficient (Wildman–Crippen LogP) is 5.55. The van der Waals surface area contributed by atoms with Crippen LogP contribution in [0.5, 0.6) is 0 Å². The van der Waals surface area contributed by atoms with E-state index in [4.69, 9.17) is 10.00 Å². The molecule has 0 aromatic heterocycles. The Bertz CT molecular complexity index is 385. The Morgan fingerprint density at radius 2 is 1.73 bits per heavy atom. The number of allylic oxidation sites excluding steroid dienone is 2. The number of hydrogen-bond donors (Lipinski definition) is 0. The van der Waals surface area contributed by atoms with Crippen LogP contribution in [0.3, 0.4) is 0 Å². The second-order valence-corrected chi connectivity index (χ2v) is 7.17. The Kier molecular flexibility index (Phi) is 7.39. The van der Waals surface area contributed by atoms with Gasteiger partial charge in [-0.1, -0.05) is 32.6 Å². The van der Waals surface area contributed by atoms with Crippen LogP contribution in [0.25, 0.3) is 0 Å². The minimum absolute atomic E-state index is 0.226. The first-order chi connectivity index (χ1) is 10.7. The molecule has 0 saturated heterocycles. The molecule has 0 spiro atoms. The van der Waals surface area contributed by atoms with E-state index in [1.807, 2.05) is 0 Å². The Hall–Kier alpha value is -0.880. The Labute approximate surface area is 134 Å². The third kappa shape index (κ3) is 5.72. The standard InChI is InChI=1S/C19H30FNO/c1-2-3-15-4-6-17(7-5-15)14-22-19-10-8-16(9-11-19)12-18(20)13-21/h12,15-17,19H,2-11,14H2,1H3.